The summed E-state index contributed by atoms with van der Waals surface area (Å²) in [7, 11) is -3.31. The maximum absolute atomic E-state index is 12.7. The van der Waals surface area contributed by atoms with Gasteiger partial charge >= 0.3 is 5.97 Å². The van der Waals surface area contributed by atoms with Gasteiger partial charge in [0.2, 0.25) is 10.0 Å². The molecule has 0 fully saturated rings. The number of hydrogen-bond acceptors (Lipinski definition) is 4. The summed E-state index contributed by atoms with van der Waals surface area (Å²) in [5.41, 5.74) is 2.28. The van der Waals surface area contributed by atoms with E-state index in [1.807, 2.05) is 25.1 Å². The number of benzene rings is 1. The summed E-state index contributed by atoms with van der Waals surface area (Å²) in [5, 5.41) is 9.03. The minimum Gasteiger partial charge on any atom is -0.477 e. The first-order valence-electron chi connectivity index (χ1n) is 10.2. The monoisotopic (exact) mass is 437 g/mol. The highest BCUT2D eigenvalue weighted by molar-refractivity contribution is 7.89. The molecule has 160 valence electrons. The smallest absolute Gasteiger partial charge is 0.345 e. The number of carbonyl (C=O) groups is 1. The van der Waals surface area contributed by atoms with Crippen molar-refractivity contribution in [2.75, 3.05) is 12.3 Å². The van der Waals surface area contributed by atoms with Crippen molar-refractivity contribution in [3.63, 3.8) is 0 Å². The van der Waals surface area contributed by atoms with Crippen LogP contribution in [0.5, 0.6) is 0 Å². The van der Waals surface area contributed by atoms with Gasteiger partial charge in [-0.25, -0.2) is 13.2 Å². The van der Waals surface area contributed by atoms with Gasteiger partial charge in [0.1, 0.15) is 4.88 Å². The molecular formula is C22H31NO4S2. The average molecular weight is 438 g/mol. The molecular weight excluding hydrogens is 406 g/mol. The van der Waals surface area contributed by atoms with Crippen LogP contribution in [0, 0.1) is 0 Å². The number of sulfonamides is 1. The Balaban J connectivity index is 2.01. The van der Waals surface area contributed by atoms with Gasteiger partial charge in [0.05, 0.1) is 5.75 Å². The number of unbranched alkanes of at least 4 members (excludes halogenated alkanes) is 1. The van der Waals surface area contributed by atoms with Crippen LogP contribution in [0.25, 0.3) is 0 Å². The predicted molar refractivity (Wildman–Crippen MR) is 119 cm³/mol. The van der Waals surface area contributed by atoms with E-state index in [1.54, 1.807) is 10.4 Å². The van der Waals surface area contributed by atoms with Gasteiger partial charge in [-0.3, -0.25) is 0 Å². The molecule has 29 heavy (non-hydrogen) atoms. The van der Waals surface area contributed by atoms with Crippen molar-refractivity contribution in [1.29, 1.82) is 0 Å². The molecule has 1 heterocycles. The molecule has 0 saturated heterocycles. The standard InChI is InChI=1S/C22H31NO4S2/c1-3-5-7-18-9-11-19(12-10-18)17-23(29(26,27)16-4-2)15-6-8-20-13-14-21(28-20)22(24)25/h9-14H,3-8,15-17H2,1-2H3,(H,24,25). The Bertz CT molecular complexity index is 872. The zero-order valence-electron chi connectivity index (χ0n) is 17.3. The quantitative estimate of drug-likeness (QED) is 0.480. The van der Waals surface area contributed by atoms with Crippen molar-refractivity contribution >= 4 is 27.3 Å². The SMILES string of the molecule is CCCCc1ccc(CN(CCCc2ccc(C(=O)O)s2)S(=O)(=O)CCC)cc1. The minimum absolute atomic E-state index is 0.143. The molecule has 2 rings (SSSR count). The molecule has 0 radical (unpaired) electrons. The highest BCUT2D eigenvalue weighted by Gasteiger charge is 2.21. The van der Waals surface area contributed by atoms with Crippen LogP contribution in [-0.2, 0) is 29.4 Å². The molecule has 0 bridgehead atoms. The highest BCUT2D eigenvalue weighted by atomic mass is 32.2. The lowest BCUT2D eigenvalue weighted by Gasteiger charge is -2.22. The number of carboxylic acid groups (broad SMARTS) is 1. The summed E-state index contributed by atoms with van der Waals surface area (Å²) >= 11 is 1.25. The van der Waals surface area contributed by atoms with Crippen LogP contribution in [0.3, 0.4) is 0 Å². The molecule has 0 amide bonds. The maximum Gasteiger partial charge on any atom is 0.345 e. The second kappa shape index (κ2) is 11.5. The number of aryl methyl sites for hydroxylation is 2. The van der Waals surface area contributed by atoms with Crippen LogP contribution in [0.1, 0.15) is 65.2 Å². The van der Waals surface area contributed by atoms with Gasteiger partial charge in [0, 0.05) is 18.0 Å². The van der Waals surface area contributed by atoms with Crippen molar-refractivity contribution in [2.24, 2.45) is 0 Å². The summed E-state index contributed by atoms with van der Waals surface area (Å²) in [6, 6.07) is 11.7. The fourth-order valence-corrected chi connectivity index (χ4v) is 5.57. The van der Waals surface area contributed by atoms with E-state index in [0.717, 1.165) is 29.7 Å². The van der Waals surface area contributed by atoms with Crippen molar-refractivity contribution in [3.05, 3.63) is 57.3 Å². The number of carboxylic acids is 1. The van der Waals surface area contributed by atoms with Gasteiger partial charge in [0.25, 0.3) is 0 Å². The summed E-state index contributed by atoms with van der Waals surface area (Å²) in [4.78, 5) is 12.3. The molecule has 1 aromatic heterocycles. The molecule has 1 aromatic carbocycles. The highest BCUT2D eigenvalue weighted by Crippen LogP contribution is 2.19. The molecule has 7 heteroatoms. The Hall–Kier alpha value is -1.70. The topological polar surface area (TPSA) is 74.7 Å². The molecule has 0 saturated carbocycles. The Morgan fingerprint density at radius 1 is 0.966 bits per heavy atom. The van der Waals surface area contributed by atoms with Gasteiger partial charge in [-0.05, 0) is 55.4 Å². The van der Waals surface area contributed by atoms with Crippen LogP contribution < -0.4 is 0 Å². The number of hydrogen-bond donors (Lipinski definition) is 1. The number of thiophene rings is 1. The molecule has 0 unspecified atom stereocenters. The maximum atomic E-state index is 12.7. The zero-order valence-corrected chi connectivity index (χ0v) is 18.9. The number of rotatable bonds is 13. The largest absolute Gasteiger partial charge is 0.477 e. The number of nitrogens with zero attached hydrogens (tertiary/aromatic N) is 1. The van der Waals surface area contributed by atoms with Crippen molar-refractivity contribution in [1.82, 2.24) is 4.31 Å². The van der Waals surface area contributed by atoms with Crippen molar-refractivity contribution in [2.45, 2.75) is 58.9 Å². The van der Waals surface area contributed by atoms with Crippen LogP contribution >= 0.6 is 11.3 Å². The third-order valence-electron chi connectivity index (χ3n) is 4.76. The van der Waals surface area contributed by atoms with Gasteiger partial charge in [-0.2, -0.15) is 4.31 Å². The lowest BCUT2D eigenvalue weighted by Crippen LogP contribution is -2.33. The van der Waals surface area contributed by atoms with E-state index in [1.165, 1.54) is 16.9 Å². The van der Waals surface area contributed by atoms with Gasteiger partial charge < -0.3 is 5.11 Å². The van der Waals surface area contributed by atoms with E-state index in [9.17, 15) is 13.2 Å². The molecule has 0 atom stereocenters. The van der Waals surface area contributed by atoms with Crippen LogP contribution in [0.15, 0.2) is 36.4 Å². The Kier molecular flexibility index (Phi) is 9.33. The second-order valence-corrected chi connectivity index (χ2v) is 10.5. The molecule has 0 spiro atoms. The predicted octanol–water partition coefficient (Wildman–Crippen LogP) is 4.96. The van der Waals surface area contributed by atoms with Crippen molar-refractivity contribution in [3.8, 4) is 0 Å². The number of aromatic carboxylic acids is 1. The van der Waals surface area contributed by atoms with E-state index in [4.69, 9.17) is 5.11 Å². The van der Waals surface area contributed by atoms with Crippen molar-refractivity contribution < 1.29 is 18.3 Å². The Morgan fingerprint density at radius 2 is 1.66 bits per heavy atom. The fourth-order valence-electron chi connectivity index (χ4n) is 3.16. The first-order valence-corrected chi connectivity index (χ1v) is 12.7. The normalized spacial score (nSPS) is 11.8. The fraction of sp³-hybridized carbons (Fsp3) is 0.500. The first kappa shape index (κ1) is 23.6. The third kappa shape index (κ3) is 7.57. The summed E-state index contributed by atoms with van der Waals surface area (Å²) in [6.07, 6.45) is 5.28. The zero-order chi connectivity index (χ0) is 21.3. The molecule has 0 aliphatic heterocycles. The van der Waals surface area contributed by atoms with Gasteiger partial charge in [-0.15, -0.1) is 11.3 Å². The van der Waals surface area contributed by atoms with Gasteiger partial charge in [0.15, 0.2) is 0 Å². The summed E-state index contributed by atoms with van der Waals surface area (Å²) < 4.78 is 27.0. The van der Waals surface area contributed by atoms with E-state index >= 15 is 0 Å². The van der Waals surface area contributed by atoms with Crippen LogP contribution in [0.4, 0.5) is 0 Å². The minimum atomic E-state index is -3.31. The molecule has 0 aliphatic rings. The Morgan fingerprint density at radius 3 is 2.24 bits per heavy atom. The molecule has 2 aromatic rings. The molecule has 1 N–H and O–H groups in total. The molecule has 0 aliphatic carbocycles. The van der Waals surface area contributed by atoms with E-state index in [-0.39, 0.29) is 5.75 Å². The van der Waals surface area contributed by atoms with E-state index in [2.05, 4.69) is 19.1 Å². The first-order chi connectivity index (χ1) is 13.9. The van der Waals surface area contributed by atoms with Crippen LogP contribution in [0.2, 0.25) is 0 Å². The lowest BCUT2D eigenvalue weighted by atomic mass is 10.1. The Labute approximate surface area is 178 Å². The second-order valence-electron chi connectivity index (χ2n) is 7.24. The lowest BCUT2D eigenvalue weighted by molar-refractivity contribution is 0.0702. The van der Waals surface area contributed by atoms with Crippen LogP contribution in [-0.4, -0.2) is 36.1 Å². The van der Waals surface area contributed by atoms with Gasteiger partial charge in [-0.1, -0.05) is 44.5 Å². The van der Waals surface area contributed by atoms with E-state index < -0.39 is 16.0 Å². The third-order valence-corrected chi connectivity index (χ3v) is 7.92. The molecule has 5 nitrogen and oxygen atoms in total. The average Bonchev–Trinajstić information content (AvgIpc) is 3.16. The summed E-state index contributed by atoms with van der Waals surface area (Å²) in [5.74, 6) is -0.778. The van der Waals surface area contributed by atoms with E-state index in [0.29, 0.717) is 37.2 Å². The summed E-state index contributed by atoms with van der Waals surface area (Å²) in [6.45, 7) is 4.85.